The second-order valence-electron chi connectivity index (χ2n) is 6.09. The van der Waals surface area contributed by atoms with Gasteiger partial charge in [-0.25, -0.2) is 4.79 Å². The minimum atomic E-state index is -0.509. The number of ether oxygens (including phenoxy) is 1. The van der Waals surface area contributed by atoms with Crippen LogP contribution in [0.15, 0.2) is 42.5 Å². The van der Waals surface area contributed by atoms with E-state index in [2.05, 4.69) is 33.2 Å². The molecular formula is C19H21IN2O3. The van der Waals surface area contributed by atoms with Crippen molar-refractivity contribution < 1.29 is 14.3 Å². The molecule has 2 aromatic rings. The van der Waals surface area contributed by atoms with E-state index in [0.29, 0.717) is 23.5 Å². The van der Waals surface area contributed by atoms with Gasteiger partial charge >= 0.3 is 6.09 Å². The first-order valence-electron chi connectivity index (χ1n) is 7.97. The second-order valence-corrected chi connectivity index (χ2v) is 7.17. The summed E-state index contributed by atoms with van der Waals surface area (Å²) in [5, 5.41) is 5.51. The van der Waals surface area contributed by atoms with E-state index in [0.717, 1.165) is 9.13 Å². The Balaban J connectivity index is 2.05. The first-order chi connectivity index (χ1) is 11.9. The van der Waals surface area contributed by atoms with Crippen molar-refractivity contribution in [3.63, 3.8) is 0 Å². The van der Waals surface area contributed by atoms with E-state index < -0.39 is 6.09 Å². The molecule has 0 fully saturated rings. The Labute approximate surface area is 161 Å². The van der Waals surface area contributed by atoms with Crippen LogP contribution in [0.25, 0.3) is 0 Å². The fraction of sp³-hybridized carbons (Fsp3) is 0.263. The number of benzene rings is 2. The molecule has 0 saturated heterocycles. The number of hydrogen-bond donors (Lipinski definition) is 2. The molecule has 0 aliphatic carbocycles. The molecule has 0 spiro atoms. The summed E-state index contributed by atoms with van der Waals surface area (Å²) in [4.78, 5) is 24.2. The Morgan fingerprint density at radius 1 is 1.08 bits per heavy atom. The van der Waals surface area contributed by atoms with Crippen LogP contribution < -0.4 is 10.6 Å². The third-order valence-corrected chi connectivity index (χ3v) is 4.78. The van der Waals surface area contributed by atoms with Gasteiger partial charge in [0.2, 0.25) is 0 Å². The Morgan fingerprint density at radius 2 is 1.72 bits per heavy atom. The van der Waals surface area contributed by atoms with Gasteiger partial charge in [-0.15, -0.1) is 0 Å². The van der Waals surface area contributed by atoms with E-state index in [-0.39, 0.29) is 11.8 Å². The normalized spacial score (nSPS) is 10.4. The number of carbonyl (C=O) groups is 2. The van der Waals surface area contributed by atoms with E-state index in [1.807, 2.05) is 32.9 Å². The van der Waals surface area contributed by atoms with E-state index in [1.165, 1.54) is 0 Å². The fourth-order valence-electron chi connectivity index (χ4n) is 2.09. The smallest absolute Gasteiger partial charge is 0.411 e. The Bertz CT molecular complexity index is 775. The summed E-state index contributed by atoms with van der Waals surface area (Å²) in [6.07, 6.45) is -0.509. The maximum atomic E-state index is 12.5. The molecule has 0 bridgehead atoms. The van der Waals surface area contributed by atoms with Crippen LogP contribution in [0.2, 0.25) is 0 Å². The van der Waals surface area contributed by atoms with Crippen LogP contribution >= 0.6 is 22.6 Å². The molecule has 25 heavy (non-hydrogen) atoms. The minimum absolute atomic E-state index is 0.187. The second kappa shape index (κ2) is 8.84. The first-order valence-corrected chi connectivity index (χ1v) is 9.05. The van der Waals surface area contributed by atoms with Gasteiger partial charge in [-0.1, -0.05) is 32.0 Å². The zero-order valence-electron chi connectivity index (χ0n) is 14.4. The average Bonchev–Trinajstić information content (AvgIpc) is 2.55. The van der Waals surface area contributed by atoms with E-state index in [4.69, 9.17) is 4.74 Å². The molecule has 0 aliphatic rings. The number of amides is 2. The number of rotatable bonds is 5. The molecule has 5 nitrogen and oxygen atoms in total. The predicted molar refractivity (Wildman–Crippen MR) is 108 cm³/mol. The molecule has 0 unspecified atom stereocenters. The molecule has 2 N–H and O–H groups in total. The highest BCUT2D eigenvalue weighted by Crippen LogP contribution is 2.20. The third-order valence-electron chi connectivity index (χ3n) is 3.35. The van der Waals surface area contributed by atoms with E-state index >= 15 is 0 Å². The van der Waals surface area contributed by atoms with E-state index in [1.54, 1.807) is 30.3 Å². The molecule has 0 radical (unpaired) electrons. The molecule has 132 valence electrons. The number of nitrogens with one attached hydrogen (secondary N) is 2. The Morgan fingerprint density at radius 3 is 2.40 bits per heavy atom. The summed E-state index contributed by atoms with van der Waals surface area (Å²) in [5.74, 6) is 0.0841. The molecule has 0 heterocycles. The topological polar surface area (TPSA) is 67.4 Å². The summed E-state index contributed by atoms with van der Waals surface area (Å²) in [6.45, 7) is 6.26. The van der Waals surface area contributed by atoms with Gasteiger partial charge in [-0.2, -0.15) is 0 Å². The molecular weight excluding hydrogens is 431 g/mol. The highest BCUT2D eigenvalue weighted by atomic mass is 127. The summed E-state index contributed by atoms with van der Waals surface area (Å²) < 4.78 is 6.01. The predicted octanol–water partition coefficient (Wildman–Crippen LogP) is 5.06. The average molecular weight is 452 g/mol. The van der Waals surface area contributed by atoms with Gasteiger partial charge in [-0.3, -0.25) is 10.1 Å². The van der Waals surface area contributed by atoms with Crippen LogP contribution in [0, 0.1) is 16.4 Å². The Kier molecular flexibility index (Phi) is 6.81. The molecule has 2 aromatic carbocycles. The number of anilines is 2. The van der Waals surface area contributed by atoms with Crippen LogP contribution in [0.1, 0.15) is 29.8 Å². The van der Waals surface area contributed by atoms with Crippen LogP contribution in [0.5, 0.6) is 0 Å². The summed E-state index contributed by atoms with van der Waals surface area (Å²) in [6, 6.07) is 12.6. The van der Waals surface area contributed by atoms with Gasteiger partial charge in [0.05, 0.1) is 12.2 Å². The van der Waals surface area contributed by atoms with Gasteiger partial charge in [0.25, 0.3) is 5.91 Å². The summed E-state index contributed by atoms with van der Waals surface area (Å²) in [5.41, 5.74) is 2.83. The van der Waals surface area contributed by atoms with Gasteiger partial charge in [0, 0.05) is 14.9 Å². The van der Waals surface area contributed by atoms with Crippen LogP contribution in [0.4, 0.5) is 16.2 Å². The Hall–Kier alpha value is -2.09. The van der Waals surface area contributed by atoms with Crippen molar-refractivity contribution in [1.29, 1.82) is 0 Å². The highest BCUT2D eigenvalue weighted by Gasteiger charge is 2.12. The van der Waals surface area contributed by atoms with Gasteiger partial charge in [-0.05, 0) is 65.3 Å². The molecule has 0 saturated carbocycles. The quantitative estimate of drug-likeness (QED) is 0.624. The largest absolute Gasteiger partial charge is 0.449 e. The fourth-order valence-corrected chi connectivity index (χ4v) is 2.70. The number of hydrogen-bond acceptors (Lipinski definition) is 3. The highest BCUT2D eigenvalue weighted by molar-refractivity contribution is 14.1. The van der Waals surface area contributed by atoms with Crippen molar-refractivity contribution in [2.45, 2.75) is 20.8 Å². The van der Waals surface area contributed by atoms with Crippen molar-refractivity contribution in [3.05, 3.63) is 57.2 Å². The van der Waals surface area contributed by atoms with Crippen LogP contribution in [0.3, 0.4) is 0 Å². The first kappa shape index (κ1) is 19.2. The van der Waals surface area contributed by atoms with Crippen LogP contribution in [-0.4, -0.2) is 18.6 Å². The molecule has 0 aromatic heterocycles. The van der Waals surface area contributed by atoms with Crippen molar-refractivity contribution in [1.82, 2.24) is 0 Å². The zero-order chi connectivity index (χ0) is 18.4. The number of aryl methyl sites for hydroxylation is 1. The maximum Gasteiger partial charge on any atom is 0.411 e. The molecule has 2 amide bonds. The van der Waals surface area contributed by atoms with Crippen LogP contribution in [-0.2, 0) is 4.74 Å². The van der Waals surface area contributed by atoms with Crippen molar-refractivity contribution in [2.75, 3.05) is 17.2 Å². The van der Waals surface area contributed by atoms with Gasteiger partial charge < -0.3 is 10.1 Å². The maximum absolute atomic E-state index is 12.5. The number of halogens is 1. The lowest BCUT2D eigenvalue weighted by atomic mass is 10.1. The van der Waals surface area contributed by atoms with Crippen molar-refractivity contribution in [3.8, 4) is 0 Å². The lowest BCUT2D eigenvalue weighted by Gasteiger charge is -2.11. The number of carbonyl (C=O) groups excluding carboxylic acids is 2. The molecule has 0 aliphatic heterocycles. The minimum Gasteiger partial charge on any atom is -0.449 e. The summed E-state index contributed by atoms with van der Waals surface area (Å²) >= 11 is 2.17. The molecule has 2 rings (SSSR count). The van der Waals surface area contributed by atoms with Crippen molar-refractivity contribution >= 4 is 46.0 Å². The SMILES string of the molecule is Cc1cccc(C(=O)Nc2cccc(NC(=O)OCC(C)C)c2)c1I. The zero-order valence-corrected chi connectivity index (χ0v) is 16.6. The molecule has 6 heteroatoms. The summed E-state index contributed by atoms with van der Waals surface area (Å²) in [7, 11) is 0. The van der Waals surface area contributed by atoms with Crippen molar-refractivity contribution in [2.24, 2.45) is 5.92 Å². The lowest BCUT2D eigenvalue weighted by molar-refractivity contribution is 0.102. The monoisotopic (exact) mass is 452 g/mol. The van der Waals surface area contributed by atoms with Gasteiger partial charge in [0.15, 0.2) is 0 Å². The lowest BCUT2D eigenvalue weighted by Crippen LogP contribution is -2.17. The standard InChI is InChI=1S/C19H21IN2O3/c1-12(2)11-25-19(24)22-15-8-5-7-14(10-15)21-18(23)16-9-4-6-13(3)17(16)20/h4-10,12H,11H2,1-3H3,(H,21,23)(H,22,24). The third kappa shape index (κ3) is 5.74. The molecule has 0 atom stereocenters. The van der Waals surface area contributed by atoms with E-state index in [9.17, 15) is 9.59 Å². The van der Waals surface area contributed by atoms with Gasteiger partial charge in [0.1, 0.15) is 0 Å².